The molecule has 43 heavy (non-hydrogen) atoms. The van der Waals surface area contributed by atoms with Crippen molar-refractivity contribution < 1.29 is 0 Å². The summed E-state index contributed by atoms with van der Waals surface area (Å²) < 4.78 is 2.55. The SMILES string of the molecule is CC(C)(C)Cc1ccc2c(CC(C)(C)C)c3c(cc2c1)c1ncnc2ccc4c5ccc(-c6ccccc6)cc5n3c4c21. The molecule has 0 radical (unpaired) electrons. The van der Waals surface area contributed by atoms with Crippen LogP contribution < -0.4 is 0 Å². The summed E-state index contributed by atoms with van der Waals surface area (Å²) >= 11 is 0. The Balaban J connectivity index is 1.60. The Bertz CT molecular complexity index is 2350. The van der Waals surface area contributed by atoms with Gasteiger partial charge < -0.3 is 4.40 Å². The van der Waals surface area contributed by atoms with Gasteiger partial charge in [0.2, 0.25) is 0 Å². The minimum atomic E-state index is 0.0986. The first kappa shape index (κ1) is 26.2. The summed E-state index contributed by atoms with van der Waals surface area (Å²) in [5, 5.41) is 7.51. The molecule has 3 heteroatoms. The van der Waals surface area contributed by atoms with Gasteiger partial charge >= 0.3 is 0 Å². The standard InChI is InChI=1S/C40H37N3/c1-39(2,3)21-24-12-14-28-27(18-24)19-31-36-35-33(41-23-42-36)17-16-30-29-15-13-26(25-10-8-7-9-11-25)20-34(29)43(38(30)35)37(31)32(28)22-40(4,5)6/h7-20,23H,21-22H2,1-6H3. The van der Waals surface area contributed by atoms with E-state index in [2.05, 4.69) is 131 Å². The first-order valence-electron chi connectivity index (χ1n) is 15.4. The van der Waals surface area contributed by atoms with Crippen LogP contribution in [0.3, 0.4) is 0 Å². The minimum absolute atomic E-state index is 0.0986. The molecule has 3 nitrogen and oxygen atoms in total. The predicted molar refractivity (Wildman–Crippen MR) is 183 cm³/mol. The number of hydrogen-bond acceptors (Lipinski definition) is 2. The van der Waals surface area contributed by atoms with Gasteiger partial charge in [-0.3, -0.25) is 0 Å². The predicted octanol–water partition coefficient (Wildman–Crippen LogP) is 10.8. The molecule has 0 amide bonds. The molecule has 0 saturated carbocycles. The second kappa shape index (κ2) is 9.00. The van der Waals surface area contributed by atoms with Crippen LogP contribution in [0, 0.1) is 10.8 Å². The Morgan fingerprint density at radius 2 is 1.35 bits per heavy atom. The molecule has 8 aromatic rings. The zero-order valence-corrected chi connectivity index (χ0v) is 25.9. The van der Waals surface area contributed by atoms with Crippen LogP contribution in [0.4, 0.5) is 0 Å². The van der Waals surface area contributed by atoms with Gasteiger partial charge in [0, 0.05) is 16.2 Å². The lowest BCUT2D eigenvalue weighted by molar-refractivity contribution is 0.411. The van der Waals surface area contributed by atoms with Gasteiger partial charge in [0.1, 0.15) is 6.33 Å². The van der Waals surface area contributed by atoms with Crippen LogP contribution in [-0.4, -0.2) is 14.4 Å². The number of benzene rings is 5. The molecular formula is C40H37N3. The van der Waals surface area contributed by atoms with Crippen LogP contribution in [0.25, 0.3) is 71.0 Å². The van der Waals surface area contributed by atoms with Crippen molar-refractivity contribution in [1.82, 2.24) is 14.4 Å². The number of aromatic nitrogens is 3. The van der Waals surface area contributed by atoms with Crippen LogP contribution in [0.15, 0.2) is 91.3 Å². The molecule has 0 aliphatic heterocycles. The monoisotopic (exact) mass is 559 g/mol. The van der Waals surface area contributed by atoms with Gasteiger partial charge in [0.15, 0.2) is 0 Å². The Morgan fingerprint density at radius 1 is 0.605 bits per heavy atom. The molecule has 3 aromatic heterocycles. The molecule has 0 atom stereocenters. The van der Waals surface area contributed by atoms with Crippen LogP contribution in [0.5, 0.6) is 0 Å². The molecule has 0 N–H and O–H groups in total. The Kier molecular flexibility index (Phi) is 5.47. The summed E-state index contributed by atoms with van der Waals surface area (Å²) in [5.41, 5.74) is 11.3. The fourth-order valence-corrected chi connectivity index (χ4v) is 7.28. The average molecular weight is 560 g/mol. The molecule has 3 heterocycles. The van der Waals surface area contributed by atoms with E-state index in [1.54, 1.807) is 6.33 Å². The van der Waals surface area contributed by atoms with E-state index in [-0.39, 0.29) is 10.8 Å². The highest BCUT2D eigenvalue weighted by molar-refractivity contribution is 6.28. The minimum Gasteiger partial charge on any atom is -0.307 e. The third kappa shape index (κ3) is 4.17. The van der Waals surface area contributed by atoms with Crippen molar-refractivity contribution in [2.24, 2.45) is 10.8 Å². The van der Waals surface area contributed by atoms with E-state index in [0.29, 0.717) is 0 Å². The van der Waals surface area contributed by atoms with Crippen molar-refractivity contribution in [2.45, 2.75) is 54.4 Å². The number of fused-ring (bicyclic) bond motifs is 7. The fraction of sp³-hybridized carbons (Fsp3) is 0.250. The topological polar surface area (TPSA) is 30.2 Å². The van der Waals surface area contributed by atoms with Crippen LogP contribution in [0.2, 0.25) is 0 Å². The zero-order valence-electron chi connectivity index (χ0n) is 25.9. The number of nitrogens with zero attached hydrogens (tertiary/aromatic N) is 3. The molecule has 5 aromatic carbocycles. The van der Waals surface area contributed by atoms with Gasteiger partial charge in [-0.25, -0.2) is 9.97 Å². The maximum atomic E-state index is 5.00. The van der Waals surface area contributed by atoms with Crippen molar-refractivity contribution in [3.05, 3.63) is 102 Å². The zero-order chi connectivity index (χ0) is 29.7. The Labute approximate surface area is 252 Å². The highest BCUT2D eigenvalue weighted by Gasteiger charge is 2.25. The first-order chi connectivity index (χ1) is 20.6. The lowest BCUT2D eigenvalue weighted by Gasteiger charge is -2.24. The van der Waals surface area contributed by atoms with Gasteiger partial charge in [-0.05, 0) is 81.0 Å². The van der Waals surface area contributed by atoms with E-state index >= 15 is 0 Å². The highest BCUT2D eigenvalue weighted by atomic mass is 14.9. The van der Waals surface area contributed by atoms with Crippen LogP contribution in [-0.2, 0) is 12.8 Å². The van der Waals surface area contributed by atoms with Gasteiger partial charge in [-0.15, -0.1) is 0 Å². The third-order valence-corrected chi connectivity index (χ3v) is 8.84. The molecule has 0 bridgehead atoms. The molecule has 0 aliphatic rings. The second-order valence-electron chi connectivity index (χ2n) is 14.8. The van der Waals surface area contributed by atoms with Crippen molar-refractivity contribution in [3.63, 3.8) is 0 Å². The lowest BCUT2D eigenvalue weighted by Crippen LogP contribution is -2.12. The summed E-state index contributed by atoms with van der Waals surface area (Å²) in [7, 11) is 0. The maximum absolute atomic E-state index is 5.00. The number of hydrogen-bond donors (Lipinski definition) is 0. The van der Waals surface area contributed by atoms with E-state index in [1.165, 1.54) is 65.7 Å². The molecule has 0 unspecified atom stereocenters. The smallest absolute Gasteiger partial charge is 0.116 e. The Morgan fingerprint density at radius 3 is 2.12 bits per heavy atom. The van der Waals surface area contributed by atoms with E-state index in [0.717, 1.165) is 29.3 Å². The largest absolute Gasteiger partial charge is 0.307 e. The highest BCUT2D eigenvalue weighted by Crippen LogP contribution is 2.44. The van der Waals surface area contributed by atoms with E-state index in [9.17, 15) is 0 Å². The van der Waals surface area contributed by atoms with E-state index < -0.39 is 0 Å². The van der Waals surface area contributed by atoms with Crippen molar-refractivity contribution in [2.75, 3.05) is 0 Å². The van der Waals surface area contributed by atoms with E-state index in [4.69, 9.17) is 9.97 Å². The summed E-state index contributed by atoms with van der Waals surface area (Å²) in [5.74, 6) is 0. The fourth-order valence-electron chi connectivity index (χ4n) is 7.28. The Hall–Kier alpha value is -4.50. The number of rotatable bonds is 3. The number of pyridine rings is 1. The maximum Gasteiger partial charge on any atom is 0.116 e. The molecular weight excluding hydrogens is 522 g/mol. The molecule has 8 rings (SSSR count). The van der Waals surface area contributed by atoms with Gasteiger partial charge in [0.05, 0.1) is 33.0 Å². The van der Waals surface area contributed by atoms with Crippen molar-refractivity contribution in [1.29, 1.82) is 0 Å². The summed E-state index contributed by atoms with van der Waals surface area (Å²) in [4.78, 5) is 9.75. The van der Waals surface area contributed by atoms with Gasteiger partial charge in [-0.2, -0.15) is 0 Å². The first-order valence-corrected chi connectivity index (χ1v) is 15.4. The lowest BCUT2D eigenvalue weighted by atomic mass is 9.83. The normalized spacial score (nSPS) is 13.1. The van der Waals surface area contributed by atoms with Crippen molar-refractivity contribution >= 4 is 59.9 Å². The molecule has 0 fully saturated rings. The van der Waals surface area contributed by atoms with Crippen LogP contribution in [0.1, 0.15) is 52.7 Å². The van der Waals surface area contributed by atoms with Crippen LogP contribution >= 0.6 is 0 Å². The quantitative estimate of drug-likeness (QED) is 0.159. The summed E-state index contributed by atoms with van der Waals surface area (Å²) in [6, 6.07) is 31.6. The van der Waals surface area contributed by atoms with Crippen molar-refractivity contribution in [3.8, 4) is 11.1 Å². The third-order valence-electron chi connectivity index (χ3n) is 8.84. The molecule has 212 valence electrons. The van der Waals surface area contributed by atoms with Gasteiger partial charge in [-0.1, -0.05) is 102 Å². The second-order valence-corrected chi connectivity index (χ2v) is 14.8. The van der Waals surface area contributed by atoms with E-state index in [1.807, 2.05) is 0 Å². The average Bonchev–Trinajstić information content (AvgIpc) is 3.29. The van der Waals surface area contributed by atoms with Gasteiger partial charge in [0.25, 0.3) is 0 Å². The summed E-state index contributed by atoms with van der Waals surface area (Å²) in [6.45, 7) is 14.0. The molecule has 0 saturated heterocycles. The summed E-state index contributed by atoms with van der Waals surface area (Å²) in [6.07, 6.45) is 3.74. The molecule has 0 spiro atoms. The molecule has 0 aliphatic carbocycles.